The number of rotatable bonds is 5. The number of nitrogens with zero attached hydrogens (tertiary/aromatic N) is 2. The topological polar surface area (TPSA) is 99.5 Å². The number of aromatic nitrogens is 3. The molecule has 0 radical (unpaired) electrons. The number of halogens is 4. The largest absolute Gasteiger partial charge is 0.416 e. The van der Waals surface area contributed by atoms with Crippen LogP contribution in [-0.4, -0.2) is 32.2 Å². The zero-order valence-electron chi connectivity index (χ0n) is 17.7. The van der Waals surface area contributed by atoms with Crippen LogP contribution < -0.4 is 10.9 Å². The Bertz CT molecular complexity index is 1430. The first-order chi connectivity index (χ1) is 16.1. The second-order valence-corrected chi connectivity index (χ2v) is 7.64. The van der Waals surface area contributed by atoms with Crippen LogP contribution in [0.25, 0.3) is 16.8 Å². The molecule has 1 amide bonds. The lowest BCUT2D eigenvalue weighted by molar-refractivity contribution is -0.138. The van der Waals surface area contributed by atoms with Gasteiger partial charge in [-0.2, -0.15) is 18.3 Å². The van der Waals surface area contributed by atoms with Crippen LogP contribution >= 0.6 is 0 Å². The number of carbonyl (C=O) groups excluding carboxylic acids is 1. The molecule has 0 aliphatic rings. The number of aliphatic hydroxyl groups excluding tert-OH is 1. The summed E-state index contributed by atoms with van der Waals surface area (Å²) in [7, 11) is 0. The molecule has 0 bridgehead atoms. The van der Waals surface area contributed by atoms with Gasteiger partial charge in [0.1, 0.15) is 11.3 Å². The molecule has 4 aromatic rings. The van der Waals surface area contributed by atoms with Gasteiger partial charge in [-0.05, 0) is 36.2 Å². The SMILES string of the molecule is Cc1ccc(-c2cn3nc(C(=O)NC(CO)c4ccc(F)cc4)cc3c(=O)[nH]2)cc1C(F)(F)F. The van der Waals surface area contributed by atoms with E-state index in [0.29, 0.717) is 5.56 Å². The van der Waals surface area contributed by atoms with Gasteiger partial charge in [0.2, 0.25) is 0 Å². The summed E-state index contributed by atoms with van der Waals surface area (Å²) >= 11 is 0. The first kappa shape index (κ1) is 23.2. The van der Waals surface area contributed by atoms with Gasteiger partial charge < -0.3 is 15.4 Å². The predicted octanol–water partition coefficient (Wildman–Crippen LogP) is 3.62. The molecular formula is C23H18F4N4O3. The molecule has 2 heterocycles. The van der Waals surface area contributed by atoms with Gasteiger partial charge in [0.05, 0.1) is 30.1 Å². The van der Waals surface area contributed by atoms with E-state index in [0.717, 1.165) is 10.6 Å². The molecule has 0 saturated heterocycles. The summed E-state index contributed by atoms with van der Waals surface area (Å²) < 4.78 is 54.1. The zero-order valence-corrected chi connectivity index (χ0v) is 17.7. The molecule has 176 valence electrons. The van der Waals surface area contributed by atoms with Crippen molar-refractivity contribution in [2.75, 3.05) is 6.61 Å². The van der Waals surface area contributed by atoms with Gasteiger partial charge in [0, 0.05) is 11.6 Å². The average molecular weight is 474 g/mol. The Kier molecular flexibility index (Phi) is 5.96. The fourth-order valence-electron chi connectivity index (χ4n) is 3.52. The lowest BCUT2D eigenvalue weighted by Crippen LogP contribution is -2.31. The standard InChI is InChI=1S/C23H18F4N4O3/c1-12-2-3-14(8-16(12)23(25,26)27)18-10-31-20(22(34)28-18)9-17(30-31)21(33)29-19(11-32)13-4-6-15(24)7-5-13/h2-10,19,32H,11H2,1H3,(H,28,34)(H,29,33). The molecule has 0 saturated carbocycles. The van der Waals surface area contributed by atoms with Crippen LogP contribution in [-0.2, 0) is 6.18 Å². The number of aliphatic hydroxyl groups is 1. The Labute approximate surface area is 189 Å². The second-order valence-electron chi connectivity index (χ2n) is 7.64. The second kappa shape index (κ2) is 8.75. The third kappa shape index (κ3) is 4.55. The number of nitrogens with one attached hydrogen (secondary N) is 2. The normalized spacial score (nSPS) is 12.6. The highest BCUT2D eigenvalue weighted by atomic mass is 19.4. The number of fused-ring (bicyclic) bond motifs is 1. The molecule has 1 unspecified atom stereocenters. The Morgan fingerprint density at radius 2 is 1.88 bits per heavy atom. The first-order valence-corrected chi connectivity index (χ1v) is 10.0. The lowest BCUT2D eigenvalue weighted by atomic mass is 10.0. The van der Waals surface area contributed by atoms with Crippen molar-refractivity contribution in [2.24, 2.45) is 0 Å². The van der Waals surface area contributed by atoms with Crippen LogP contribution in [0.15, 0.2) is 59.5 Å². The van der Waals surface area contributed by atoms with E-state index in [1.165, 1.54) is 55.6 Å². The summed E-state index contributed by atoms with van der Waals surface area (Å²) in [6, 6.07) is 9.23. The Morgan fingerprint density at radius 1 is 1.18 bits per heavy atom. The highest BCUT2D eigenvalue weighted by Crippen LogP contribution is 2.34. The fraction of sp³-hybridized carbons (Fsp3) is 0.174. The van der Waals surface area contributed by atoms with Gasteiger partial charge in [-0.3, -0.25) is 9.59 Å². The molecule has 0 aliphatic heterocycles. The third-order valence-electron chi connectivity index (χ3n) is 5.31. The number of amides is 1. The van der Waals surface area contributed by atoms with E-state index in [-0.39, 0.29) is 28.0 Å². The average Bonchev–Trinajstić information content (AvgIpc) is 3.23. The summed E-state index contributed by atoms with van der Waals surface area (Å²) in [6.45, 7) is 0.868. The third-order valence-corrected chi connectivity index (χ3v) is 5.31. The fourth-order valence-corrected chi connectivity index (χ4v) is 3.52. The maximum absolute atomic E-state index is 13.3. The van der Waals surface area contributed by atoms with Crippen LogP contribution in [0.2, 0.25) is 0 Å². The van der Waals surface area contributed by atoms with Gasteiger partial charge in [-0.1, -0.05) is 24.3 Å². The van der Waals surface area contributed by atoms with Gasteiger partial charge in [0.25, 0.3) is 11.5 Å². The number of carbonyl (C=O) groups is 1. The van der Waals surface area contributed by atoms with Crippen molar-refractivity contribution in [1.29, 1.82) is 0 Å². The monoisotopic (exact) mass is 474 g/mol. The van der Waals surface area contributed by atoms with Crippen LogP contribution in [0.4, 0.5) is 17.6 Å². The van der Waals surface area contributed by atoms with Crippen molar-refractivity contribution < 1.29 is 27.5 Å². The first-order valence-electron chi connectivity index (χ1n) is 10.0. The molecule has 34 heavy (non-hydrogen) atoms. The molecule has 2 aromatic carbocycles. The number of hydrogen-bond donors (Lipinski definition) is 3. The smallest absolute Gasteiger partial charge is 0.394 e. The molecule has 0 aliphatic carbocycles. The molecule has 4 rings (SSSR count). The molecule has 3 N–H and O–H groups in total. The predicted molar refractivity (Wildman–Crippen MR) is 115 cm³/mol. The number of aromatic amines is 1. The number of benzene rings is 2. The molecular weight excluding hydrogens is 456 g/mol. The minimum Gasteiger partial charge on any atom is -0.394 e. The maximum atomic E-state index is 13.3. The molecule has 2 aromatic heterocycles. The van der Waals surface area contributed by atoms with Crippen molar-refractivity contribution in [3.63, 3.8) is 0 Å². The van der Waals surface area contributed by atoms with E-state index in [9.17, 15) is 32.3 Å². The van der Waals surface area contributed by atoms with E-state index >= 15 is 0 Å². The zero-order chi connectivity index (χ0) is 24.6. The van der Waals surface area contributed by atoms with Gasteiger partial charge in [0.15, 0.2) is 5.69 Å². The van der Waals surface area contributed by atoms with E-state index in [1.807, 2.05) is 0 Å². The lowest BCUT2D eigenvalue weighted by Gasteiger charge is -2.15. The summed E-state index contributed by atoms with van der Waals surface area (Å²) in [5.41, 5.74) is -0.939. The van der Waals surface area contributed by atoms with Crippen LogP contribution in [0, 0.1) is 12.7 Å². The van der Waals surface area contributed by atoms with Crippen LogP contribution in [0.3, 0.4) is 0 Å². The molecule has 0 fully saturated rings. The van der Waals surface area contributed by atoms with Gasteiger partial charge >= 0.3 is 6.18 Å². The van der Waals surface area contributed by atoms with Crippen LogP contribution in [0.5, 0.6) is 0 Å². The minimum atomic E-state index is -4.56. The highest BCUT2D eigenvalue weighted by molar-refractivity contribution is 5.93. The van der Waals surface area contributed by atoms with Gasteiger partial charge in [-0.15, -0.1) is 0 Å². The van der Waals surface area contributed by atoms with Crippen molar-refractivity contribution in [3.05, 3.63) is 93.3 Å². The summed E-state index contributed by atoms with van der Waals surface area (Å²) in [6.07, 6.45) is -3.25. The summed E-state index contributed by atoms with van der Waals surface area (Å²) in [4.78, 5) is 27.7. The van der Waals surface area contributed by atoms with Crippen molar-refractivity contribution in [2.45, 2.75) is 19.1 Å². The van der Waals surface area contributed by atoms with Crippen molar-refractivity contribution in [3.8, 4) is 11.3 Å². The highest BCUT2D eigenvalue weighted by Gasteiger charge is 2.32. The Balaban J connectivity index is 1.66. The number of hydrogen-bond acceptors (Lipinski definition) is 4. The minimum absolute atomic E-state index is 0.000567. The molecule has 11 heteroatoms. The summed E-state index contributed by atoms with van der Waals surface area (Å²) in [5.74, 6) is -1.18. The van der Waals surface area contributed by atoms with E-state index in [4.69, 9.17) is 0 Å². The molecule has 1 atom stereocenters. The van der Waals surface area contributed by atoms with Crippen molar-refractivity contribution in [1.82, 2.24) is 19.9 Å². The van der Waals surface area contributed by atoms with Crippen molar-refractivity contribution >= 4 is 11.4 Å². The van der Waals surface area contributed by atoms with E-state index in [1.54, 1.807) is 0 Å². The number of alkyl halides is 3. The quantitative estimate of drug-likeness (QED) is 0.385. The maximum Gasteiger partial charge on any atom is 0.416 e. The number of H-pyrrole nitrogens is 1. The number of aryl methyl sites for hydroxylation is 1. The van der Waals surface area contributed by atoms with E-state index in [2.05, 4.69) is 15.4 Å². The molecule has 0 spiro atoms. The Hall–Kier alpha value is -3.99. The summed E-state index contributed by atoms with van der Waals surface area (Å²) in [5, 5.41) is 16.2. The van der Waals surface area contributed by atoms with Gasteiger partial charge in [-0.25, -0.2) is 8.91 Å². The van der Waals surface area contributed by atoms with Crippen LogP contribution in [0.1, 0.15) is 33.2 Å². The molecule has 7 nitrogen and oxygen atoms in total. The Morgan fingerprint density at radius 3 is 2.53 bits per heavy atom. The van der Waals surface area contributed by atoms with E-state index < -0.39 is 41.7 Å².